The van der Waals surface area contributed by atoms with E-state index in [1.54, 1.807) is 0 Å². The van der Waals surface area contributed by atoms with Gasteiger partial charge in [0, 0.05) is 18.4 Å². The molecule has 2 heteroatoms. The van der Waals surface area contributed by atoms with Crippen LogP contribution in [0.3, 0.4) is 0 Å². The van der Waals surface area contributed by atoms with Crippen LogP contribution < -0.4 is 0 Å². The number of aromatic nitrogens is 1. The third-order valence-corrected chi connectivity index (χ3v) is 3.62. The van der Waals surface area contributed by atoms with Gasteiger partial charge in [-0.15, -0.1) is 0 Å². The van der Waals surface area contributed by atoms with E-state index in [4.69, 9.17) is 0 Å². The molecule has 0 aliphatic carbocycles. The van der Waals surface area contributed by atoms with Gasteiger partial charge in [0.1, 0.15) is 0 Å². The Kier molecular flexibility index (Phi) is 4.55. The lowest BCUT2D eigenvalue weighted by atomic mass is 10.0. The van der Waals surface area contributed by atoms with E-state index in [9.17, 15) is 0 Å². The first kappa shape index (κ1) is 12.6. The summed E-state index contributed by atoms with van der Waals surface area (Å²) in [7, 11) is 0. The van der Waals surface area contributed by atoms with E-state index in [2.05, 4.69) is 35.9 Å². The normalized spacial score (nSPS) is 17.6. The molecule has 0 spiro atoms. The van der Waals surface area contributed by atoms with Crippen molar-refractivity contribution in [1.29, 1.82) is 0 Å². The molecule has 0 radical (unpaired) electrons. The lowest BCUT2D eigenvalue weighted by molar-refractivity contribution is 0.231. The van der Waals surface area contributed by atoms with Crippen molar-refractivity contribution in [1.82, 2.24) is 9.88 Å². The Hall–Kier alpha value is -0.890. The summed E-state index contributed by atoms with van der Waals surface area (Å²) in [5, 5.41) is 0. The van der Waals surface area contributed by atoms with Crippen molar-refractivity contribution in [2.45, 2.75) is 45.4 Å². The summed E-state index contributed by atoms with van der Waals surface area (Å²) in [6, 6.07) is 4.31. The number of nitrogens with zero attached hydrogens (tertiary/aromatic N) is 2. The van der Waals surface area contributed by atoms with Crippen LogP contribution in [0.4, 0.5) is 0 Å². The van der Waals surface area contributed by atoms with Crippen molar-refractivity contribution in [2.24, 2.45) is 0 Å². The standard InChI is InChI=1S/C15H24N2/c1-13(2)15-14(7-6-9-16-15)8-12-17-10-4-3-5-11-17/h6-7,9,13H,3-5,8,10-12H2,1-2H3. The van der Waals surface area contributed by atoms with Crippen LogP contribution in [0, 0.1) is 0 Å². The van der Waals surface area contributed by atoms with Crippen LogP contribution in [0.2, 0.25) is 0 Å². The number of hydrogen-bond acceptors (Lipinski definition) is 2. The third kappa shape index (κ3) is 3.53. The van der Waals surface area contributed by atoms with Crippen LogP contribution in [0.15, 0.2) is 18.3 Å². The molecule has 0 amide bonds. The van der Waals surface area contributed by atoms with Gasteiger partial charge in [0.25, 0.3) is 0 Å². The summed E-state index contributed by atoms with van der Waals surface area (Å²) in [4.78, 5) is 7.12. The molecule has 0 N–H and O–H groups in total. The first-order valence-electron chi connectivity index (χ1n) is 6.93. The fourth-order valence-electron chi connectivity index (χ4n) is 2.64. The summed E-state index contributed by atoms with van der Waals surface area (Å²) in [6.07, 6.45) is 7.25. The van der Waals surface area contributed by atoms with Crippen molar-refractivity contribution < 1.29 is 0 Å². The van der Waals surface area contributed by atoms with Crippen molar-refractivity contribution in [2.75, 3.05) is 19.6 Å². The zero-order valence-electron chi connectivity index (χ0n) is 11.2. The van der Waals surface area contributed by atoms with Crippen molar-refractivity contribution >= 4 is 0 Å². The van der Waals surface area contributed by atoms with Gasteiger partial charge in [-0.1, -0.05) is 26.3 Å². The molecule has 1 aliphatic heterocycles. The molecule has 1 fully saturated rings. The van der Waals surface area contributed by atoms with Gasteiger partial charge < -0.3 is 4.90 Å². The number of rotatable bonds is 4. The molecule has 2 heterocycles. The van der Waals surface area contributed by atoms with E-state index in [1.807, 2.05) is 6.20 Å². The Morgan fingerprint density at radius 3 is 2.71 bits per heavy atom. The van der Waals surface area contributed by atoms with Gasteiger partial charge in [0.2, 0.25) is 0 Å². The van der Waals surface area contributed by atoms with Gasteiger partial charge in [-0.3, -0.25) is 4.98 Å². The van der Waals surface area contributed by atoms with Gasteiger partial charge in [0.15, 0.2) is 0 Å². The summed E-state index contributed by atoms with van der Waals surface area (Å²) < 4.78 is 0. The molecule has 1 aromatic heterocycles. The topological polar surface area (TPSA) is 16.1 Å². The molecule has 2 rings (SSSR count). The molecule has 0 atom stereocenters. The maximum Gasteiger partial charge on any atom is 0.0461 e. The highest BCUT2D eigenvalue weighted by Gasteiger charge is 2.12. The molecule has 94 valence electrons. The smallest absolute Gasteiger partial charge is 0.0461 e. The second kappa shape index (κ2) is 6.15. The lowest BCUT2D eigenvalue weighted by Gasteiger charge is -2.26. The summed E-state index contributed by atoms with van der Waals surface area (Å²) >= 11 is 0. The summed E-state index contributed by atoms with van der Waals surface area (Å²) in [6.45, 7) is 8.24. The Morgan fingerprint density at radius 2 is 2.00 bits per heavy atom. The highest BCUT2D eigenvalue weighted by molar-refractivity contribution is 5.22. The monoisotopic (exact) mass is 232 g/mol. The quantitative estimate of drug-likeness (QED) is 0.792. The predicted octanol–water partition coefficient (Wildman–Crippen LogP) is 3.23. The SMILES string of the molecule is CC(C)c1ncccc1CCN1CCCCC1. The van der Waals surface area contributed by atoms with E-state index >= 15 is 0 Å². The highest BCUT2D eigenvalue weighted by atomic mass is 15.1. The minimum absolute atomic E-state index is 0.535. The molecular weight excluding hydrogens is 208 g/mol. The van der Waals surface area contributed by atoms with E-state index in [0.717, 1.165) is 6.42 Å². The van der Waals surface area contributed by atoms with Crippen LogP contribution in [0.5, 0.6) is 0 Å². The fourth-order valence-corrected chi connectivity index (χ4v) is 2.64. The van der Waals surface area contributed by atoms with Gasteiger partial charge in [-0.2, -0.15) is 0 Å². The largest absolute Gasteiger partial charge is 0.303 e. The fraction of sp³-hybridized carbons (Fsp3) is 0.667. The Morgan fingerprint density at radius 1 is 1.24 bits per heavy atom. The van der Waals surface area contributed by atoms with E-state index in [0.29, 0.717) is 5.92 Å². The van der Waals surface area contributed by atoms with Crippen LogP contribution in [-0.2, 0) is 6.42 Å². The molecule has 1 aliphatic rings. The van der Waals surface area contributed by atoms with E-state index in [-0.39, 0.29) is 0 Å². The van der Waals surface area contributed by atoms with Gasteiger partial charge in [0.05, 0.1) is 0 Å². The molecule has 17 heavy (non-hydrogen) atoms. The Labute approximate surface area is 105 Å². The minimum Gasteiger partial charge on any atom is -0.303 e. The van der Waals surface area contributed by atoms with Gasteiger partial charge >= 0.3 is 0 Å². The highest BCUT2D eigenvalue weighted by Crippen LogP contribution is 2.18. The molecule has 0 aromatic carbocycles. The predicted molar refractivity (Wildman–Crippen MR) is 72.3 cm³/mol. The number of hydrogen-bond donors (Lipinski definition) is 0. The third-order valence-electron chi connectivity index (χ3n) is 3.62. The molecule has 1 aromatic rings. The molecule has 1 saturated heterocycles. The Bertz CT molecular complexity index is 341. The average Bonchev–Trinajstić information content (AvgIpc) is 2.38. The molecule has 2 nitrogen and oxygen atoms in total. The number of piperidine rings is 1. The molecular formula is C15H24N2. The van der Waals surface area contributed by atoms with Gasteiger partial charge in [-0.05, 0) is 49.9 Å². The first-order chi connectivity index (χ1) is 8.27. The van der Waals surface area contributed by atoms with Crippen LogP contribution in [0.1, 0.15) is 50.3 Å². The van der Waals surface area contributed by atoms with E-state index in [1.165, 1.54) is 50.2 Å². The minimum atomic E-state index is 0.535. The van der Waals surface area contributed by atoms with Crippen LogP contribution >= 0.6 is 0 Å². The second-order valence-electron chi connectivity index (χ2n) is 5.35. The molecule has 0 unspecified atom stereocenters. The first-order valence-corrected chi connectivity index (χ1v) is 6.93. The lowest BCUT2D eigenvalue weighted by Crippen LogP contribution is -2.31. The number of pyridine rings is 1. The zero-order valence-corrected chi connectivity index (χ0v) is 11.2. The van der Waals surface area contributed by atoms with Crippen LogP contribution in [0.25, 0.3) is 0 Å². The van der Waals surface area contributed by atoms with Crippen molar-refractivity contribution in [3.05, 3.63) is 29.6 Å². The zero-order chi connectivity index (χ0) is 12.1. The van der Waals surface area contributed by atoms with E-state index < -0.39 is 0 Å². The maximum absolute atomic E-state index is 4.52. The Balaban J connectivity index is 1.93. The van der Waals surface area contributed by atoms with Crippen molar-refractivity contribution in [3.63, 3.8) is 0 Å². The second-order valence-corrected chi connectivity index (χ2v) is 5.35. The van der Waals surface area contributed by atoms with Crippen molar-refractivity contribution in [3.8, 4) is 0 Å². The summed E-state index contributed by atoms with van der Waals surface area (Å²) in [5.41, 5.74) is 2.72. The maximum atomic E-state index is 4.52. The number of likely N-dealkylation sites (tertiary alicyclic amines) is 1. The molecule has 0 bridgehead atoms. The van der Waals surface area contributed by atoms with Crippen LogP contribution in [-0.4, -0.2) is 29.5 Å². The summed E-state index contributed by atoms with van der Waals surface area (Å²) in [5.74, 6) is 0.535. The molecule has 0 saturated carbocycles. The van der Waals surface area contributed by atoms with Gasteiger partial charge in [-0.25, -0.2) is 0 Å². The average molecular weight is 232 g/mol.